The fraction of sp³-hybridized carbons (Fsp3) is 0.400. The molecule has 176 valence electrons. The third kappa shape index (κ3) is 3.12. The first-order valence-corrected chi connectivity index (χ1v) is 14.3. The number of nitriles is 2. The molecule has 2 aromatic heterocycles. The van der Waals surface area contributed by atoms with Crippen molar-refractivity contribution >= 4 is 46.0 Å². The molecule has 0 atom stereocenters. The topological polar surface area (TPSA) is 56.3 Å². The van der Waals surface area contributed by atoms with Crippen LogP contribution in [0.1, 0.15) is 94.8 Å². The van der Waals surface area contributed by atoms with Gasteiger partial charge in [0.05, 0.1) is 25.3 Å². The van der Waals surface area contributed by atoms with Crippen LogP contribution in [0.3, 0.4) is 0 Å². The minimum Gasteiger partial charge on any atom is -0.227 e. The summed E-state index contributed by atoms with van der Waals surface area (Å²) in [6.45, 7) is 14.7. The number of hydrogen-bond acceptors (Lipinski definition) is 4. The molecule has 6 rings (SSSR count). The number of fused-ring (bicyclic) bond motifs is 8. The highest BCUT2D eigenvalue weighted by Crippen LogP contribution is 2.71. The Kier molecular flexibility index (Phi) is 5.50. The van der Waals surface area contributed by atoms with Gasteiger partial charge in [0.25, 0.3) is 11.4 Å². The first kappa shape index (κ1) is 23.0. The maximum Gasteiger partial charge on any atom is 0.263 e. The van der Waals surface area contributed by atoms with Gasteiger partial charge in [-0.25, -0.2) is 20.2 Å². The number of nitrogens with zero attached hydrogens (tertiary/aromatic N) is 4. The highest BCUT2D eigenvalue weighted by atomic mass is 32.1. The fourth-order valence-corrected chi connectivity index (χ4v) is 9.95. The molecule has 4 aliphatic rings. The summed E-state index contributed by atoms with van der Waals surface area (Å²) in [7, 11) is 0. The van der Waals surface area contributed by atoms with E-state index in [0.29, 0.717) is 0 Å². The van der Waals surface area contributed by atoms with E-state index in [1.54, 1.807) is 34.8 Å². The van der Waals surface area contributed by atoms with Gasteiger partial charge in [-0.1, -0.05) is 38.5 Å². The molecule has 4 nitrogen and oxygen atoms in total. The summed E-state index contributed by atoms with van der Waals surface area (Å²) >= 11 is 3.54. The van der Waals surface area contributed by atoms with Crippen molar-refractivity contribution < 1.29 is 0 Å². The largest absolute Gasteiger partial charge is 0.263 e. The van der Waals surface area contributed by atoms with Crippen LogP contribution < -0.4 is 0 Å². The van der Waals surface area contributed by atoms with Gasteiger partial charge in [-0.2, -0.15) is 0 Å². The number of thiophene rings is 2. The van der Waals surface area contributed by atoms with Gasteiger partial charge in [0.1, 0.15) is 0 Å². The lowest BCUT2D eigenvalue weighted by molar-refractivity contribution is 0.373. The summed E-state index contributed by atoms with van der Waals surface area (Å²) in [5.41, 5.74) is 6.19. The highest BCUT2D eigenvalue weighted by molar-refractivity contribution is 7.16. The van der Waals surface area contributed by atoms with Crippen LogP contribution >= 0.6 is 22.7 Å². The van der Waals surface area contributed by atoms with Crippen LogP contribution in [-0.2, 0) is 10.8 Å². The second-order valence-corrected chi connectivity index (χ2v) is 12.5. The predicted molar refractivity (Wildman–Crippen MR) is 145 cm³/mol. The third-order valence-electron chi connectivity index (χ3n) is 8.64. The minimum absolute atomic E-state index is 0.00415. The zero-order valence-corrected chi connectivity index (χ0v) is 21.6. The molecule has 0 aliphatic heterocycles. The van der Waals surface area contributed by atoms with E-state index in [4.69, 9.17) is 13.1 Å². The van der Waals surface area contributed by atoms with Gasteiger partial charge in [0, 0.05) is 30.3 Å². The lowest BCUT2D eigenvalue weighted by atomic mass is 9.67. The molecule has 4 aliphatic carbocycles. The molecule has 0 saturated heterocycles. The van der Waals surface area contributed by atoms with Crippen molar-refractivity contribution in [2.75, 3.05) is 0 Å². The lowest BCUT2D eigenvalue weighted by Gasteiger charge is -2.37. The first-order chi connectivity index (χ1) is 17.6. The van der Waals surface area contributed by atoms with Crippen LogP contribution in [0.5, 0.6) is 0 Å². The van der Waals surface area contributed by atoms with E-state index in [1.807, 2.05) is 12.1 Å². The van der Waals surface area contributed by atoms with Crippen molar-refractivity contribution in [1.82, 2.24) is 0 Å². The Bertz CT molecular complexity index is 1390. The van der Waals surface area contributed by atoms with E-state index >= 15 is 0 Å². The average molecular weight is 505 g/mol. The maximum atomic E-state index is 9.36. The first-order valence-electron chi connectivity index (χ1n) is 12.6. The monoisotopic (exact) mass is 504 g/mol. The van der Waals surface area contributed by atoms with Gasteiger partial charge < -0.3 is 0 Å². The van der Waals surface area contributed by atoms with Gasteiger partial charge in [0.15, 0.2) is 0 Å². The van der Waals surface area contributed by atoms with Gasteiger partial charge in [0.2, 0.25) is 0 Å². The van der Waals surface area contributed by atoms with Crippen molar-refractivity contribution in [2.24, 2.45) is 0 Å². The van der Waals surface area contributed by atoms with Crippen LogP contribution in [0.15, 0.2) is 23.5 Å². The molecule has 36 heavy (non-hydrogen) atoms. The van der Waals surface area contributed by atoms with Crippen LogP contribution in [0, 0.1) is 35.8 Å². The summed E-state index contributed by atoms with van der Waals surface area (Å²) in [6, 6.07) is 8.63. The lowest BCUT2D eigenvalue weighted by Crippen LogP contribution is -2.28. The Labute approximate surface area is 220 Å². The average Bonchev–Trinajstić information content (AvgIpc) is 3.63. The summed E-state index contributed by atoms with van der Waals surface area (Å²) in [5.74, 6) is 0. The van der Waals surface area contributed by atoms with Gasteiger partial charge in [-0.3, -0.25) is 0 Å². The fourth-order valence-electron chi connectivity index (χ4n) is 7.25. The Morgan fingerprint density at radius 2 is 1.11 bits per heavy atom. The van der Waals surface area contributed by atoms with E-state index in [2.05, 4.69) is 21.8 Å². The molecule has 0 radical (unpaired) electrons. The molecule has 2 saturated carbocycles. The summed E-state index contributed by atoms with van der Waals surface area (Å²) < 4.78 is 0. The van der Waals surface area contributed by atoms with Crippen molar-refractivity contribution in [2.45, 2.75) is 75.0 Å². The quantitative estimate of drug-likeness (QED) is 0.303. The third-order valence-corrected chi connectivity index (χ3v) is 10.8. The zero-order valence-electron chi connectivity index (χ0n) is 20.0. The summed E-state index contributed by atoms with van der Waals surface area (Å²) in [6.07, 6.45) is 15.4. The van der Waals surface area contributed by atoms with Gasteiger partial charge in [-0.05, 0) is 72.2 Å². The second-order valence-electron chi connectivity index (χ2n) is 10.3. The molecule has 0 amide bonds. The number of allylic oxidation sites excluding steroid dienone is 4. The molecule has 0 bridgehead atoms. The van der Waals surface area contributed by atoms with Crippen LogP contribution in [0.25, 0.3) is 33.0 Å². The normalized spacial score (nSPS) is 21.3. The molecule has 2 fully saturated rings. The van der Waals surface area contributed by atoms with E-state index < -0.39 is 0 Å². The zero-order chi connectivity index (χ0) is 24.9. The smallest absolute Gasteiger partial charge is 0.227 e. The molecular weight excluding hydrogens is 480 g/mol. The predicted octanol–water partition coefficient (Wildman–Crippen LogP) is 8.72. The Morgan fingerprint density at radius 1 is 0.722 bits per heavy atom. The Hall–Kier alpha value is -3.42. The van der Waals surface area contributed by atoms with Gasteiger partial charge in [-0.15, -0.1) is 22.7 Å². The van der Waals surface area contributed by atoms with Crippen LogP contribution in [0.4, 0.5) is 0 Å². The standard InChI is InChI=1S/C30H24N4S2/c1-33-19(17-31)13-21-15-23-27(35-21)25-26(29(23)9-5-3-6-10-29)28-24(30(25)11-7-4-8-12-30)16-22(36-28)14-20(18-32)34-2/h13-16H,3-12H2/b19-13-,20-14+. The molecule has 0 aromatic carbocycles. The molecule has 2 spiro atoms. The Balaban J connectivity index is 1.61. The van der Waals surface area contributed by atoms with E-state index in [-0.39, 0.29) is 22.2 Å². The van der Waals surface area contributed by atoms with E-state index in [0.717, 1.165) is 35.4 Å². The second kappa shape index (κ2) is 8.61. The summed E-state index contributed by atoms with van der Waals surface area (Å²) in [5, 5.41) is 18.7. The number of rotatable bonds is 2. The van der Waals surface area contributed by atoms with Crippen molar-refractivity contribution in [3.05, 3.63) is 77.0 Å². The molecule has 0 unspecified atom stereocenters. The van der Waals surface area contributed by atoms with E-state index in [9.17, 15) is 10.5 Å². The maximum absolute atomic E-state index is 9.36. The van der Waals surface area contributed by atoms with Crippen molar-refractivity contribution in [1.29, 1.82) is 10.5 Å². The number of hydrogen-bond donors (Lipinski definition) is 0. The van der Waals surface area contributed by atoms with Crippen molar-refractivity contribution in [3.8, 4) is 12.1 Å². The molecule has 2 heterocycles. The highest BCUT2D eigenvalue weighted by Gasteiger charge is 2.58. The van der Waals surface area contributed by atoms with Crippen LogP contribution in [-0.4, -0.2) is 0 Å². The van der Waals surface area contributed by atoms with E-state index in [1.165, 1.54) is 70.6 Å². The molecule has 6 heteroatoms. The Morgan fingerprint density at radius 3 is 1.44 bits per heavy atom. The van der Waals surface area contributed by atoms with Crippen molar-refractivity contribution in [3.63, 3.8) is 0 Å². The SMILES string of the molecule is [C-]#[N+]/C(C#N)=C\c1cc2c(s1)C1=C(c3sc(/C=C(\C#N)[N+]#[C-])cc3C13CCCCC3)C21CCCCC1. The summed E-state index contributed by atoms with van der Waals surface area (Å²) in [4.78, 5) is 11.6. The molecular formula is C30H24N4S2. The minimum atomic E-state index is -0.00415. The molecule has 0 N–H and O–H groups in total. The molecule has 2 aromatic rings. The van der Waals surface area contributed by atoms with Gasteiger partial charge >= 0.3 is 0 Å². The van der Waals surface area contributed by atoms with Crippen LogP contribution in [0.2, 0.25) is 0 Å².